The minimum absolute atomic E-state index is 0.835. The topological polar surface area (TPSA) is 915 Å². The van der Waals surface area contributed by atoms with Gasteiger partial charge in [-0.15, -0.1) is 0 Å². The molecular weight excluding hydrogens is 1790 g/mol. The van der Waals surface area contributed by atoms with Crippen LogP contribution in [0.15, 0.2) is 0 Å². The maximum atomic E-state index is 13.5. The molecule has 50 atom stereocenters. The molecule has 9 saturated heterocycles. The molecule has 9 aliphatic rings. The molecule has 9 rings (SSSR count). The number of aliphatic hydroxyl groups excluding tert-OH is 28. The van der Waals surface area contributed by atoms with Crippen molar-refractivity contribution in [2.45, 2.75) is 354 Å². The van der Waals surface area contributed by atoms with Crippen molar-refractivity contribution in [3.8, 4) is 0 Å². The van der Waals surface area contributed by atoms with E-state index in [0.717, 1.165) is 34.6 Å². The van der Waals surface area contributed by atoms with E-state index < -0.39 is 414 Å². The van der Waals surface area contributed by atoms with Gasteiger partial charge in [0.1, 0.15) is 226 Å². The molecule has 0 unspecified atom stereocenters. The predicted molar refractivity (Wildman–Crippen MR) is 406 cm³/mol. The lowest BCUT2D eigenvalue weighted by atomic mass is 9.88. The van der Waals surface area contributed by atoms with Crippen LogP contribution < -0.4 is 26.6 Å². The van der Waals surface area contributed by atoms with E-state index in [1.807, 2.05) is 0 Å². The number of aliphatic carboxylic acids is 1. The van der Waals surface area contributed by atoms with E-state index in [-0.39, 0.29) is 0 Å². The molecule has 0 bridgehead atoms. The molecular formula is C73H123N5O53. The molecule has 0 spiro atoms. The zero-order valence-electron chi connectivity index (χ0n) is 70.8. The van der Waals surface area contributed by atoms with E-state index in [4.69, 9.17) is 85.3 Å². The van der Waals surface area contributed by atoms with Crippen LogP contribution in [0, 0.1) is 0 Å². The third-order valence-electron chi connectivity index (χ3n) is 23.4. The highest BCUT2D eigenvalue weighted by atomic mass is 16.8. The van der Waals surface area contributed by atoms with Gasteiger partial charge in [-0.25, -0.2) is 4.79 Å². The van der Waals surface area contributed by atoms with Crippen LogP contribution in [0.25, 0.3) is 0 Å². The Labute approximate surface area is 742 Å². The lowest BCUT2D eigenvalue weighted by Gasteiger charge is -2.52. The summed E-state index contributed by atoms with van der Waals surface area (Å²) < 4.78 is 107. The van der Waals surface area contributed by atoms with Gasteiger partial charge in [-0.3, -0.25) is 24.0 Å². The third-order valence-corrected chi connectivity index (χ3v) is 23.4. The molecule has 58 heteroatoms. The summed E-state index contributed by atoms with van der Waals surface area (Å²) in [6.07, 6.45) is -99.0. The van der Waals surface area contributed by atoms with Gasteiger partial charge in [0.25, 0.3) is 5.79 Å². The van der Waals surface area contributed by atoms with Crippen LogP contribution in [0.4, 0.5) is 0 Å². The van der Waals surface area contributed by atoms with Crippen LogP contribution >= 0.6 is 0 Å². The van der Waals surface area contributed by atoms with Crippen LogP contribution in [-0.2, 0) is 114 Å². The van der Waals surface area contributed by atoms with Crippen molar-refractivity contribution in [2.75, 3.05) is 66.1 Å². The summed E-state index contributed by atoms with van der Waals surface area (Å²) in [5, 5.41) is 338. The number of carboxylic acids is 1. The highest BCUT2D eigenvalue weighted by Crippen LogP contribution is 2.42. The Balaban J connectivity index is 1.08. The molecule has 0 aromatic rings. The van der Waals surface area contributed by atoms with Gasteiger partial charge in [0.15, 0.2) is 50.3 Å². The van der Waals surface area contributed by atoms with Crippen LogP contribution in [0.3, 0.4) is 0 Å². The maximum Gasteiger partial charge on any atom is 0.364 e. The lowest BCUT2D eigenvalue weighted by molar-refractivity contribution is -0.400. The number of ether oxygens (including phenoxy) is 18. The summed E-state index contributed by atoms with van der Waals surface area (Å²) in [5.41, 5.74) is 0. The van der Waals surface area contributed by atoms with Gasteiger partial charge in [0.2, 0.25) is 29.5 Å². The predicted octanol–water partition coefficient (Wildman–Crippen LogP) is -22.2. The number of carboxylic acid groups (broad SMARTS) is 1. The van der Waals surface area contributed by atoms with Crippen molar-refractivity contribution in [3.63, 3.8) is 0 Å². The Kier molecular flexibility index (Phi) is 40.2. The number of rotatable bonds is 39. The molecule has 0 aromatic carbocycles. The minimum atomic E-state index is -3.37. The maximum absolute atomic E-state index is 13.5. The molecule has 131 heavy (non-hydrogen) atoms. The molecule has 58 nitrogen and oxygen atoms in total. The largest absolute Gasteiger partial charge is 0.477 e. The van der Waals surface area contributed by atoms with Crippen LogP contribution in [0.1, 0.15) is 48.0 Å². The standard InChI is InChI=1S/C73H123N5O53/c1-18-39(95)50(106)53(109)67(116-18)114-16-27(94)56(40(96)24(8-79)74-19(2)87)124-65-37(77-22(5)90)49(105)57(33(15-86)122-65)125-68-54(110)60(47(103)34(123-68)17-115-70-62(51(107)43(99)29(11-82)120-70)128-64-36(76-21(4)89)48(104)42(98)28(10-81)117-64)127-71-63(52(108)44(100)30(12-83)121-71)129-66-38(78-23(6)91)58(45(101)31(13-84)118-66)126-69-55(111)61(46(102)32(14-85)119-69)131-73(72(112)113)7-25(92)35(75-20(3)88)59(130-73)41(97)26(93)9-80/h18,24-71,79-86,92-111H,7-17H2,1-6H3,(H,74,87)(H,75,88)(H,76,89)(H,77,90)(H,78,91)(H,112,113)/t18-,24-,25-,26+,27+,28+,29+,30+,31+,32+,33+,34+,35+,36+,37+,38-,39+,40+,41+,42+,43+,44+,45+,46-,47+,48+,49+,50+,51-,52-,53-,54-,55+,56+,57+,58+,59+,60-,61-,62-,63-,64-,65-,66-,67+,68-,69-,70-,71+,73-/m0/s1. The quantitative estimate of drug-likeness (QED) is 0.0272. The number of hydrogen-bond donors (Lipinski definition) is 34. The Morgan fingerprint density at radius 1 is 0.366 bits per heavy atom. The van der Waals surface area contributed by atoms with Crippen molar-refractivity contribution < 1.29 is 262 Å². The molecule has 0 saturated carbocycles. The SMILES string of the molecule is CC(=O)N[C@@H]1[C@H](O[C@@H]2[C@@H](O[C@@H]3[C@H](O)[C@H](O[C@H]4[C@H](O)[C@@H](NC(C)=O)[C@H](O[C@@H]([C@H](O)[C@H](CO)NC(C)=O)[C@H](O)CO[C@@H]5O[C@@H](C)[C@@H](O)[C@@H](O)[C@@H]5O)O[C@@H]4CO)O[C@H](CO[C@H]4O[C@H](CO)[C@@H](O)[C@H](O)[C@@H]4O[C@@H]4O[C@H](CO)[C@@H](O)[C@H](O)[C@H]4NC(C)=O)[C@H]3O)O[C@H](CO)[C@@H](O)[C@@H]2O)O[C@H](CO)[C@@H](O)[C@@H]1O[C@@H]1O[C@H](CO)[C@H](O)[C@H](O[C@]2(C(=O)O)C[C@H](O)[C@@H](NC(C)=O)[C@H]([C@H](O)[C@H](O)CO)O2)[C@H]1O. The van der Waals surface area contributed by atoms with E-state index in [1.54, 1.807) is 0 Å². The lowest BCUT2D eigenvalue weighted by Crippen LogP contribution is -2.71. The summed E-state index contributed by atoms with van der Waals surface area (Å²) in [6, 6.07) is -9.67. The molecule has 9 fully saturated rings. The fourth-order valence-electron chi connectivity index (χ4n) is 16.5. The van der Waals surface area contributed by atoms with E-state index in [9.17, 15) is 177 Å². The van der Waals surface area contributed by atoms with Gasteiger partial charge >= 0.3 is 5.97 Å². The van der Waals surface area contributed by atoms with Crippen molar-refractivity contribution >= 4 is 35.5 Å². The van der Waals surface area contributed by atoms with Crippen molar-refractivity contribution in [1.29, 1.82) is 0 Å². The van der Waals surface area contributed by atoms with Crippen LogP contribution in [0.5, 0.6) is 0 Å². The van der Waals surface area contributed by atoms with Gasteiger partial charge in [0, 0.05) is 41.0 Å². The number of carbonyl (C=O) groups excluding carboxylic acids is 5. The zero-order chi connectivity index (χ0) is 97.3. The Hall–Kier alpha value is -5.02. The second kappa shape index (κ2) is 48.0. The second-order valence-electron chi connectivity index (χ2n) is 32.9. The molecule has 758 valence electrons. The highest BCUT2D eigenvalue weighted by Gasteiger charge is 2.64. The molecule has 34 N–H and O–H groups in total. The Morgan fingerprint density at radius 2 is 0.786 bits per heavy atom. The minimum Gasteiger partial charge on any atom is -0.477 e. The van der Waals surface area contributed by atoms with Crippen molar-refractivity contribution in [3.05, 3.63) is 0 Å². The fraction of sp³-hybridized carbons (Fsp3) is 0.918. The van der Waals surface area contributed by atoms with E-state index >= 15 is 0 Å². The first-order chi connectivity index (χ1) is 61.7. The van der Waals surface area contributed by atoms with E-state index in [2.05, 4.69) is 26.6 Å². The molecule has 0 radical (unpaired) electrons. The molecule has 5 amide bonds. The monoisotopic (exact) mass is 1920 g/mol. The van der Waals surface area contributed by atoms with Gasteiger partial charge in [-0.1, -0.05) is 0 Å². The van der Waals surface area contributed by atoms with Gasteiger partial charge in [-0.2, -0.15) is 0 Å². The van der Waals surface area contributed by atoms with Crippen LogP contribution in [0.2, 0.25) is 0 Å². The average Bonchev–Trinajstić information content (AvgIpc) is 0.740. The van der Waals surface area contributed by atoms with Gasteiger partial charge in [-0.05, 0) is 6.92 Å². The number of carbonyl (C=O) groups is 6. The van der Waals surface area contributed by atoms with Gasteiger partial charge < -0.3 is 260 Å². The number of aliphatic hydroxyl groups is 28. The van der Waals surface area contributed by atoms with Crippen molar-refractivity contribution in [2.24, 2.45) is 0 Å². The Morgan fingerprint density at radius 3 is 1.30 bits per heavy atom. The molecule has 9 heterocycles. The number of nitrogens with one attached hydrogen (secondary N) is 5. The molecule has 9 aliphatic heterocycles. The average molecular weight is 1920 g/mol. The smallest absolute Gasteiger partial charge is 0.364 e. The summed E-state index contributed by atoms with van der Waals surface area (Å²) in [7, 11) is 0. The normalized spacial score (nSPS) is 45.0. The molecule has 0 aliphatic carbocycles. The second-order valence-corrected chi connectivity index (χ2v) is 32.9. The first-order valence-electron chi connectivity index (χ1n) is 41.5. The first-order valence-corrected chi connectivity index (χ1v) is 41.5. The highest BCUT2D eigenvalue weighted by molar-refractivity contribution is 5.77. The summed E-state index contributed by atoms with van der Waals surface area (Å²) >= 11 is 0. The summed E-state index contributed by atoms with van der Waals surface area (Å²) in [4.78, 5) is 77.4. The third kappa shape index (κ3) is 25.2. The Bertz CT molecular complexity index is 3610. The first kappa shape index (κ1) is 110. The summed E-state index contributed by atoms with van der Waals surface area (Å²) in [5.74, 6) is -10.4. The van der Waals surface area contributed by atoms with Crippen molar-refractivity contribution in [1.82, 2.24) is 26.6 Å². The molecule has 0 aromatic heterocycles. The van der Waals surface area contributed by atoms with E-state index in [0.29, 0.717) is 0 Å². The van der Waals surface area contributed by atoms with E-state index in [1.165, 1.54) is 6.92 Å². The van der Waals surface area contributed by atoms with Gasteiger partial charge in [0.05, 0.1) is 90.4 Å². The number of hydrogen-bond acceptors (Lipinski definition) is 52. The van der Waals surface area contributed by atoms with Crippen LogP contribution in [-0.4, -0.2) is 556 Å². The number of amides is 5. The fourth-order valence-corrected chi connectivity index (χ4v) is 16.5. The zero-order valence-corrected chi connectivity index (χ0v) is 70.8. The summed E-state index contributed by atoms with van der Waals surface area (Å²) in [6.45, 7) is -6.23.